The molecule has 0 saturated heterocycles. The van der Waals surface area contributed by atoms with E-state index in [2.05, 4.69) is 41.5 Å². The fourth-order valence-corrected chi connectivity index (χ4v) is 9.43. The number of unbranched alkanes of at least 4 members (excludes halogenated alkanes) is 35. The minimum atomic E-state index is -0.764. The highest BCUT2D eigenvalue weighted by Crippen LogP contribution is 2.20. The Labute approximate surface area is 425 Å². The quantitative estimate of drug-likeness (QED) is 0.0343. The van der Waals surface area contributed by atoms with Gasteiger partial charge in [0.25, 0.3) is 0 Å². The minimum absolute atomic E-state index is 0.0639. The van der Waals surface area contributed by atoms with Crippen molar-refractivity contribution in [2.24, 2.45) is 17.8 Å². The largest absolute Gasteiger partial charge is 0.462 e. The van der Waals surface area contributed by atoms with Crippen LogP contribution in [0.3, 0.4) is 0 Å². The first kappa shape index (κ1) is 66.4. The molecule has 68 heavy (non-hydrogen) atoms. The van der Waals surface area contributed by atoms with Gasteiger partial charge in [0.1, 0.15) is 13.2 Å². The third kappa shape index (κ3) is 50.8. The van der Waals surface area contributed by atoms with Crippen LogP contribution in [0.4, 0.5) is 0 Å². The fourth-order valence-electron chi connectivity index (χ4n) is 9.43. The van der Waals surface area contributed by atoms with Gasteiger partial charge in [-0.25, -0.2) is 0 Å². The molecule has 0 saturated carbocycles. The highest BCUT2D eigenvalue weighted by Gasteiger charge is 2.19. The molecule has 0 bridgehead atoms. The van der Waals surface area contributed by atoms with Crippen LogP contribution in [0.5, 0.6) is 0 Å². The maximum absolute atomic E-state index is 12.9. The van der Waals surface area contributed by atoms with Crippen molar-refractivity contribution in [3.05, 3.63) is 0 Å². The van der Waals surface area contributed by atoms with Gasteiger partial charge in [-0.05, 0) is 37.0 Å². The highest BCUT2D eigenvalue weighted by atomic mass is 16.6. The molecule has 0 N–H and O–H groups in total. The first-order valence-corrected chi connectivity index (χ1v) is 30.7. The van der Waals surface area contributed by atoms with Crippen molar-refractivity contribution in [2.75, 3.05) is 13.2 Å². The summed E-state index contributed by atoms with van der Waals surface area (Å²) in [6.45, 7) is 13.8. The van der Waals surface area contributed by atoms with Crippen LogP contribution in [-0.2, 0) is 28.6 Å². The fraction of sp³-hybridized carbons (Fsp3) is 0.952. The van der Waals surface area contributed by atoms with E-state index < -0.39 is 6.10 Å². The molecule has 404 valence electrons. The number of hydrogen-bond donors (Lipinski definition) is 0. The normalized spacial score (nSPS) is 13.3. The van der Waals surface area contributed by atoms with Crippen LogP contribution in [0, 0.1) is 17.8 Å². The second kappa shape index (κ2) is 53.2. The highest BCUT2D eigenvalue weighted by molar-refractivity contribution is 5.71. The van der Waals surface area contributed by atoms with E-state index in [-0.39, 0.29) is 31.1 Å². The van der Waals surface area contributed by atoms with E-state index in [0.717, 1.165) is 75.5 Å². The number of rotatable bonds is 55. The summed E-state index contributed by atoms with van der Waals surface area (Å²) in [4.78, 5) is 38.2. The topological polar surface area (TPSA) is 78.9 Å². The minimum Gasteiger partial charge on any atom is -0.462 e. The number of carbonyl (C=O) groups excluding carboxylic acids is 3. The molecule has 0 aliphatic rings. The lowest BCUT2D eigenvalue weighted by Crippen LogP contribution is -2.30. The maximum Gasteiger partial charge on any atom is 0.306 e. The lowest BCUT2D eigenvalue weighted by molar-refractivity contribution is -0.167. The van der Waals surface area contributed by atoms with Crippen LogP contribution in [0.15, 0.2) is 0 Å². The Balaban J connectivity index is 4.22. The second-order valence-corrected chi connectivity index (χ2v) is 22.1. The Bertz CT molecular complexity index is 1060. The van der Waals surface area contributed by atoms with Gasteiger partial charge in [0.05, 0.1) is 0 Å². The van der Waals surface area contributed by atoms with Crippen LogP contribution < -0.4 is 0 Å². The Morgan fingerprint density at radius 1 is 0.279 bits per heavy atom. The van der Waals surface area contributed by atoms with Crippen molar-refractivity contribution >= 4 is 17.9 Å². The number of hydrogen-bond acceptors (Lipinski definition) is 6. The summed E-state index contributed by atoms with van der Waals surface area (Å²) >= 11 is 0. The Hall–Kier alpha value is -1.59. The Morgan fingerprint density at radius 2 is 0.471 bits per heavy atom. The van der Waals surface area contributed by atoms with Crippen molar-refractivity contribution in [3.8, 4) is 0 Å². The first-order valence-electron chi connectivity index (χ1n) is 30.7. The van der Waals surface area contributed by atoms with Crippen molar-refractivity contribution < 1.29 is 28.6 Å². The first-order chi connectivity index (χ1) is 33.2. The summed E-state index contributed by atoms with van der Waals surface area (Å²) in [5.41, 5.74) is 0. The number of carbonyl (C=O) groups is 3. The van der Waals surface area contributed by atoms with Gasteiger partial charge in [-0.2, -0.15) is 0 Å². The van der Waals surface area contributed by atoms with Crippen molar-refractivity contribution in [1.82, 2.24) is 0 Å². The summed E-state index contributed by atoms with van der Waals surface area (Å²) in [5.74, 6) is 1.77. The molecule has 0 rings (SSSR count). The monoisotopic (exact) mass is 961 g/mol. The van der Waals surface area contributed by atoms with Gasteiger partial charge in [0.15, 0.2) is 6.10 Å². The van der Waals surface area contributed by atoms with Gasteiger partial charge >= 0.3 is 17.9 Å². The molecule has 0 heterocycles. The summed E-state index contributed by atoms with van der Waals surface area (Å²) in [7, 11) is 0. The van der Waals surface area contributed by atoms with Gasteiger partial charge in [0, 0.05) is 19.3 Å². The predicted octanol–water partition coefficient (Wildman–Crippen LogP) is 20.3. The molecule has 0 aromatic carbocycles. The summed E-state index contributed by atoms with van der Waals surface area (Å²) in [6, 6.07) is 0. The van der Waals surface area contributed by atoms with Crippen LogP contribution in [0.1, 0.15) is 343 Å². The van der Waals surface area contributed by atoms with E-state index >= 15 is 0 Å². The number of esters is 3. The molecule has 0 radical (unpaired) electrons. The lowest BCUT2D eigenvalue weighted by Gasteiger charge is -2.18. The Morgan fingerprint density at radius 3 is 0.691 bits per heavy atom. The molecule has 0 fully saturated rings. The lowest BCUT2D eigenvalue weighted by atomic mass is 9.99. The second-order valence-electron chi connectivity index (χ2n) is 22.1. The van der Waals surface area contributed by atoms with E-state index in [0.29, 0.717) is 19.3 Å². The molecule has 0 spiro atoms. The zero-order valence-corrected chi connectivity index (χ0v) is 46.9. The third-order valence-electron chi connectivity index (χ3n) is 15.2. The molecule has 0 aliphatic heterocycles. The standard InChI is InChI=1S/C62H120O6/c1-7-56(4)48-42-36-30-26-22-18-14-12-10-11-13-15-21-25-29-33-41-47-53-62(65)68-59(55-67-61(64)52-46-40-35-34-38-44-50-58(6)9-3)54-66-60(63)51-45-39-32-28-24-20-17-16-19-23-27-31-37-43-49-57(5)8-2/h56-59H,7-55H2,1-6H3/t56?,57?,58?,59-/m1/s1. The van der Waals surface area contributed by atoms with E-state index in [1.165, 1.54) is 225 Å². The zero-order chi connectivity index (χ0) is 49.8. The van der Waals surface area contributed by atoms with Gasteiger partial charge in [-0.3, -0.25) is 14.4 Å². The molecular weight excluding hydrogens is 841 g/mol. The summed E-state index contributed by atoms with van der Waals surface area (Å²) in [5, 5.41) is 0. The molecule has 0 aliphatic carbocycles. The van der Waals surface area contributed by atoms with Crippen molar-refractivity contribution in [1.29, 1.82) is 0 Å². The molecule has 6 nitrogen and oxygen atoms in total. The van der Waals surface area contributed by atoms with Crippen LogP contribution in [0.2, 0.25) is 0 Å². The van der Waals surface area contributed by atoms with Crippen molar-refractivity contribution in [2.45, 2.75) is 349 Å². The van der Waals surface area contributed by atoms with E-state index in [4.69, 9.17) is 14.2 Å². The van der Waals surface area contributed by atoms with Crippen LogP contribution in [-0.4, -0.2) is 37.2 Å². The smallest absolute Gasteiger partial charge is 0.306 e. The Kier molecular flexibility index (Phi) is 52.0. The number of ether oxygens (including phenoxy) is 3. The third-order valence-corrected chi connectivity index (χ3v) is 15.2. The van der Waals surface area contributed by atoms with Crippen LogP contribution >= 0.6 is 0 Å². The van der Waals surface area contributed by atoms with Crippen molar-refractivity contribution in [3.63, 3.8) is 0 Å². The summed E-state index contributed by atoms with van der Waals surface area (Å²) < 4.78 is 16.9. The van der Waals surface area contributed by atoms with Gasteiger partial charge in [0.2, 0.25) is 0 Å². The zero-order valence-electron chi connectivity index (χ0n) is 46.9. The molecule has 6 heteroatoms. The predicted molar refractivity (Wildman–Crippen MR) is 293 cm³/mol. The van der Waals surface area contributed by atoms with E-state index in [9.17, 15) is 14.4 Å². The van der Waals surface area contributed by atoms with Crippen LogP contribution in [0.25, 0.3) is 0 Å². The molecule has 0 aromatic heterocycles. The van der Waals surface area contributed by atoms with Gasteiger partial charge in [-0.15, -0.1) is 0 Å². The molecule has 3 unspecified atom stereocenters. The molecule has 4 atom stereocenters. The van der Waals surface area contributed by atoms with E-state index in [1.807, 2.05) is 0 Å². The van der Waals surface area contributed by atoms with E-state index in [1.54, 1.807) is 0 Å². The average Bonchev–Trinajstić information content (AvgIpc) is 3.34. The molecule has 0 amide bonds. The van der Waals surface area contributed by atoms with Gasteiger partial charge in [-0.1, -0.05) is 305 Å². The summed E-state index contributed by atoms with van der Waals surface area (Å²) in [6.07, 6.45) is 56.7. The maximum atomic E-state index is 12.9. The van der Waals surface area contributed by atoms with Gasteiger partial charge < -0.3 is 14.2 Å². The molecule has 0 aromatic rings. The SMILES string of the molecule is CCC(C)CCCCCCCCCCCCCCCCCCCCC(=O)O[C@H](COC(=O)CCCCCCCCCCCCCCCCC(C)CC)COC(=O)CCCCCCCCC(C)CC. The molecular formula is C62H120O6. The average molecular weight is 962 g/mol.